The van der Waals surface area contributed by atoms with Crippen LogP contribution in [0, 0.1) is 0 Å². The number of carbonyl (C=O) groups is 1. The van der Waals surface area contributed by atoms with E-state index in [2.05, 4.69) is 20.7 Å². The van der Waals surface area contributed by atoms with E-state index in [-0.39, 0.29) is 12.2 Å². The summed E-state index contributed by atoms with van der Waals surface area (Å²) in [5, 5.41) is 0. The van der Waals surface area contributed by atoms with Crippen LogP contribution in [0.25, 0.3) is 0 Å². The van der Waals surface area contributed by atoms with Gasteiger partial charge in [0, 0.05) is 10.9 Å². The maximum Gasteiger partial charge on any atom is 0.387 e. The van der Waals surface area contributed by atoms with Gasteiger partial charge in [0.1, 0.15) is 12.0 Å². The summed E-state index contributed by atoms with van der Waals surface area (Å²) < 4.78 is 29.1. The molecular formula is C10H9BrF2O2. The van der Waals surface area contributed by atoms with Crippen LogP contribution in [-0.2, 0) is 11.2 Å². The van der Waals surface area contributed by atoms with Crippen molar-refractivity contribution in [1.82, 2.24) is 0 Å². The average Bonchev–Trinajstić information content (AvgIpc) is 2.18. The number of ether oxygens (including phenoxy) is 1. The van der Waals surface area contributed by atoms with E-state index in [4.69, 9.17) is 0 Å². The molecule has 5 heteroatoms. The number of benzene rings is 1. The maximum atomic E-state index is 12.0. The Labute approximate surface area is 94.4 Å². The molecule has 2 nitrogen and oxygen atoms in total. The third-order valence-corrected chi connectivity index (χ3v) is 2.26. The standard InChI is InChI=1S/C10H9BrF2O2/c11-8-3-4-9(15-10(12)13)7(6-8)2-1-5-14/h3-6,10H,1-2H2. The Hall–Kier alpha value is -0.970. The first-order chi connectivity index (χ1) is 7.13. The highest BCUT2D eigenvalue weighted by Gasteiger charge is 2.09. The molecule has 82 valence electrons. The van der Waals surface area contributed by atoms with Crippen molar-refractivity contribution in [2.45, 2.75) is 19.5 Å². The fourth-order valence-electron chi connectivity index (χ4n) is 1.17. The molecular weight excluding hydrogens is 270 g/mol. The number of aldehydes is 1. The molecule has 0 aromatic heterocycles. The van der Waals surface area contributed by atoms with Gasteiger partial charge in [-0.2, -0.15) is 8.78 Å². The van der Waals surface area contributed by atoms with Crippen LogP contribution in [-0.4, -0.2) is 12.9 Å². The van der Waals surface area contributed by atoms with Crippen molar-refractivity contribution >= 4 is 22.2 Å². The molecule has 0 N–H and O–H groups in total. The third-order valence-electron chi connectivity index (χ3n) is 1.77. The Bertz CT molecular complexity index is 342. The molecule has 0 aliphatic heterocycles. The van der Waals surface area contributed by atoms with Crippen molar-refractivity contribution in [1.29, 1.82) is 0 Å². The molecule has 0 saturated heterocycles. The highest BCUT2D eigenvalue weighted by molar-refractivity contribution is 9.10. The van der Waals surface area contributed by atoms with Gasteiger partial charge in [0.15, 0.2) is 0 Å². The highest BCUT2D eigenvalue weighted by atomic mass is 79.9. The van der Waals surface area contributed by atoms with E-state index in [0.717, 1.165) is 10.8 Å². The Kier molecular flexibility index (Phi) is 4.68. The lowest BCUT2D eigenvalue weighted by atomic mass is 10.1. The van der Waals surface area contributed by atoms with E-state index in [1.54, 1.807) is 12.1 Å². The fraction of sp³-hybridized carbons (Fsp3) is 0.300. The molecule has 1 aromatic rings. The number of aryl methyl sites for hydroxylation is 1. The van der Waals surface area contributed by atoms with Crippen LogP contribution < -0.4 is 4.74 Å². The number of alkyl halides is 2. The molecule has 0 bridgehead atoms. The van der Waals surface area contributed by atoms with Gasteiger partial charge in [0.25, 0.3) is 0 Å². The SMILES string of the molecule is O=CCCc1cc(Br)ccc1OC(F)F. The first-order valence-corrected chi connectivity index (χ1v) is 5.09. The number of halogens is 3. The van der Waals surface area contributed by atoms with Crippen LogP contribution in [0.4, 0.5) is 8.78 Å². The number of rotatable bonds is 5. The van der Waals surface area contributed by atoms with E-state index in [9.17, 15) is 13.6 Å². The molecule has 1 rings (SSSR count). The van der Waals surface area contributed by atoms with E-state index in [1.807, 2.05) is 0 Å². The summed E-state index contributed by atoms with van der Waals surface area (Å²) >= 11 is 3.22. The van der Waals surface area contributed by atoms with E-state index in [1.165, 1.54) is 6.07 Å². The number of hydrogen-bond donors (Lipinski definition) is 0. The first-order valence-electron chi connectivity index (χ1n) is 4.30. The van der Waals surface area contributed by atoms with Crippen molar-refractivity contribution in [2.75, 3.05) is 0 Å². The molecule has 0 fully saturated rings. The summed E-state index contributed by atoms with van der Waals surface area (Å²) in [6.07, 6.45) is 1.42. The van der Waals surface area contributed by atoms with Gasteiger partial charge in [-0.05, 0) is 30.2 Å². The number of hydrogen-bond acceptors (Lipinski definition) is 2. The van der Waals surface area contributed by atoms with Gasteiger partial charge in [0.05, 0.1) is 0 Å². The summed E-state index contributed by atoms with van der Waals surface area (Å²) in [4.78, 5) is 10.2. The van der Waals surface area contributed by atoms with Gasteiger partial charge >= 0.3 is 6.61 Å². The van der Waals surface area contributed by atoms with Crippen LogP contribution in [0.2, 0.25) is 0 Å². The Balaban J connectivity index is 2.86. The quantitative estimate of drug-likeness (QED) is 0.774. The summed E-state index contributed by atoms with van der Waals surface area (Å²) in [5.74, 6) is 0.120. The molecule has 0 saturated carbocycles. The van der Waals surface area contributed by atoms with E-state index in [0.29, 0.717) is 12.0 Å². The van der Waals surface area contributed by atoms with Gasteiger partial charge in [-0.15, -0.1) is 0 Å². The predicted molar refractivity (Wildman–Crippen MR) is 55.2 cm³/mol. The highest BCUT2D eigenvalue weighted by Crippen LogP contribution is 2.25. The molecule has 0 unspecified atom stereocenters. The van der Waals surface area contributed by atoms with Crippen molar-refractivity contribution < 1.29 is 18.3 Å². The lowest BCUT2D eigenvalue weighted by Gasteiger charge is -2.09. The number of carbonyl (C=O) groups excluding carboxylic acids is 1. The van der Waals surface area contributed by atoms with Crippen LogP contribution in [0.3, 0.4) is 0 Å². The second-order valence-corrected chi connectivity index (χ2v) is 3.75. The maximum absolute atomic E-state index is 12.0. The summed E-state index contributed by atoms with van der Waals surface area (Å²) in [6, 6.07) is 4.74. The second kappa shape index (κ2) is 5.80. The average molecular weight is 279 g/mol. The van der Waals surface area contributed by atoms with Gasteiger partial charge in [-0.25, -0.2) is 0 Å². The lowest BCUT2D eigenvalue weighted by molar-refractivity contribution is -0.107. The van der Waals surface area contributed by atoms with Crippen LogP contribution in [0.15, 0.2) is 22.7 Å². The summed E-state index contributed by atoms with van der Waals surface area (Å²) in [5.41, 5.74) is 0.594. The Morgan fingerprint density at radius 1 is 1.47 bits per heavy atom. The molecule has 0 radical (unpaired) electrons. The van der Waals surface area contributed by atoms with Crippen molar-refractivity contribution in [3.63, 3.8) is 0 Å². The summed E-state index contributed by atoms with van der Waals surface area (Å²) in [6.45, 7) is -2.85. The van der Waals surface area contributed by atoms with Crippen molar-refractivity contribution in [3.8, 4) is 5.75 Å². The molecule has 1 aromatic carbocycles. The van der Waals surface area contributed by atoms with Crippen LogP contribution in [0.1, 0.15) is 12.0 Å². The van der Waals surface area contributed by atoms with Crippen molar-refractivity contribution in [3.05, 3.63) is 28.2 Å². The third kappa shape index (κ3) is 3.95. The van der Waals surface area contributed by atoms with Crippen LogP contribution >= 0.6 is 15.9 Å². The van der Waals surface area contributed by atoms with Gasteiger partial charge in [-0.3, -0.25) is 0 Å². The minimum Gasteiger partial charge on any atom is -0.435 e. The minimum absolute atomic E-state index is 0.120. The predicted octanol–water partition coefficient (Wildman–Crippen LogP) is 3.18. The monoisotopic (exact) mass is 278 g/mol. The normalized spacial score (nSPS) is 10.4. The first kappa shape index (κ1) is 12.1. The van der Waals surface area contributed by atoms with E-state index >= 15 is 0 Å². The molecule has 0 spiro atoms. The Morgan fingerprint density at radius 3 is 2.80 bits per heavy atom. The lowest BCUT2D eigenvalue weighted by Crippen LogP contribution is -2.04. The molecule has 15 heavy (non-hydrogen) atoms. The zero-order chi connectivity index (χ0) is 11.3. The zero-order valence-corrected chi connectivity index (χ0v) is 9.34. The largest absolute Gasteiger partial charge is 0.435 e. The minimum atomic E-state index is -2.85. The second-order valence-electron chi connectivity index (χ2n) is 2.84. The summed E-state index contributed by atoms with van der Waals surface area (Å²) in [7, 11) is 0. The fourth-order valence-corrected chi connectivity index (χ4v) is 1.58. The zero-order valence-electron chi connectivity index (χ0n) is 7.75. The van der Waals surface area contributed by atoms with Gasteiger partial charge < -0.3 is 9.53 Å². The molecule has 0 amide bonds. The van der Waals surface area contributed by atoms with Gasteiger partial charge in [-0.1, -0.05) is 15.9 Å². The van der Waals surface area contributed by atoms with Gasteiger partial charge in [0.2, 0.25) is 0 Å². The molecule has 0 aliphatic rings. The molecule has 0 atom stereocenters. The van der Waals surface area contributed by atoms with Crippen LogP contribution in [0.5, 0.6) is 5.75 Å². The molecule has 0 aliphatic carbocycles. The topological polar surface area (TPSA) is 26.3 Å². The smallest absolute Gasteiger partial charge is 0.387 e. The Morgan fingerprint density at radius 2 is 2.20 bits per heavy atom. The van der Waals surface area contributed by atoms with E-state index < -0.39 is 6.61 Å². The molecule has 0 heterocycles. The van der Waals surface area contributed by atoms with Crippen molar-refractivity contribution in [2.24, 2.45) is 0 Å².